The molecule has 6 nitrogen and oxygen atoms in total. The Hall–Kier alpha value is -3.26. The van der Waals surface area contributed by atoms with E-state index in [1.165, 1.54) is 0 Å². The van der Waals surface area contributed by atoms with E-state index in [2.05, 4.69) is 50.4 Å². The molecule has 0 bridgehead atoms. The average molecular weight is 562 g/mol. The van der Waals surface area contributed by atoms with Crippen molar-refractivity contribution in [1.82, 2.24) is 5.32 Å². The van der Waals surface area contributed by atoms with Gasteiger partial charge in [0.25, 0.3) is 8.32 Å². The summed E-state index contributed by atoms with van der Waals surface area (Å²) in [5, 5.41) is 4.90. The fourth-order valence-electron chi connectivity index (χ4n) is 4.84. The minimum Gasteiger partial charge on any atom is -0.444 e. The number of carbonyl (C=O) groups excluding carboxylic acids is 2. The molecule has 214 valence electrons. The van der Waals surface area contributed by atoms with Gasteiger partial charge in [-0.15, -0.1) is 0 Å². The highest BCUT2D eigenvalue weighted by atomic mass is 28.4. The zero-order valence-corrected chi connectivity index (χ0v) is 25.6. The van der Waals surface area contributed by atoms with Crippen LogP contribution in [0.4, 0.5) is 4.79 Å². The van der Waals surface area contributed by atoms with E-state index < -0.39 is 32.0 Å². The number of benzene rings is 3. The first-order valence-corrected chi connectivity index (χ1v) is 15.7. The quantitative estimate of drug-likeness (QED) is 0.234. The number of amides is 1. The average Bonchev–Trinajstić information content (AvgIpc) is 2.91. The molecule has 0 spiro atoms. The van der Waals surface area contributed by atoms with E-state index in [1.54, 1.807) is 20.8 Å². The molecule has 0 heterocycles. The maximum atomic E-state index is 12.9. The largest absolute Gasteiger partial charge is 0.444 e. The monoisotopic (exact) mass is 561 g/mol. The Bertz CT molecular complexity index is 1150. The van der Waals surface area contributed by atoms with E-state index in [4.69, 9.17) is 13.9 Å². The van der Waals surface area contributed by atoms with Crippen molar-refractivity contribution in [2.75, 3.05) is 13.2 Å². The topological polar surface area (TPSA) is 73.9 Å². The fraction of sp³-hybridized carbons (Fsp3) is 0.394. The maximum Gasteiger partial charge on any atom is 0.407 e. The first kappa shape index (κ1) is 31.3. The first-order valence-electron chi connectivity index (χ1n) is 13.8. The van der Waals surface area contributed by atoms with Gasteiger partial charge in [-0.3, -0.25) is 0 Å². The Kier molecular flexibility index (Phi) is 10.9. The van der Waals surface area contributed by atoms with Gasteiger partial charge in [-0.25, -0.2) is 4.79 Å². The van der Waals surface area contributed by atoms with Crippen LogP contribution in [-0.4, -0.2) is 45.6 Å². The molecule has 0 fully saturated rings. The molecule has 1 N–H and O–H groups in total. The van der Waals surface area contributed by atoms with Crippen molar-refractivity contribution in [2.24, 2.45) is 5.92 Å². The summed E-state index contributed by atoms with van der Waals surface area (Å²) in [5.74, 6) is -0.644. The summed E-state index contributed by atoms with van der Waals surface area (Å²) in [6.45, 7) is 12.6. The predicted molar refractivity (Wildman–Crippen MR) is 162 cm³/mol. The van der Waals surface area contributed by atoms with E-state index >= 15 is 0 Å². The first-order chi connectivity index (χ1) is 19.0. The normalized spacial score (nSPS) is 13.8. The molecule has 0 radical (unpaired) electrons. The van der Waals surface area contributed by atoms with Crippen LogP contribution in [0.3, 0.4) is 0 Å². The molecular formula is C33H43NO5Si. The van der Waals surface area contributed by atoms with Crippen molar-refractivity contribution in [3.05, 3.63) is 96.6 Å². The van der Waals surface area contributed by atoms with E-state index in [0.29, 0.717) is 6.61 Å². The summed E-state index contributed by atoms with van der Waals surface area (Å²) in [4.78, 5) is 25.3. The van der Waals surface area contributed by atoms with Crippen LogP contribution in [0.15, 0.2) is 91.0 Å². The molecule has 0 aromatic heterocycles. The number of alkyl carbamates (subject to hydrolysis) is 1. The number of nitrogens with one attached hydrogen (secondary N) is 1. The summed E-state index contributed by atoms with van der Waals surface area (Å²) in [6, 6.07) is 29.7. The lowest BCUT2D eigenvalue weighted by Crippen LogP contribution is -2.67. The minimum absolute atomic E-state index is 0.116. The van der Waals surface area contributed by atoms with E-state index in [1.807, 2.05) is 66.7 Å². The van der Waals surface area contributed by atoms with Crippen molar-refractivity contribution < 1.29 is 23.5 Å². The Labute approximate surface area is 240 Å². The van der Waals surface area contributed by atoms with Crippen LogP contribution < -0.4 is 15.7 Å². The van der Waals surface area contributed by atoms with Gasteiger partial charge in [-0.05, 0) is 41.7 Å². The van der Waals surface area contributed by atoms with Crippen molar-refractivity contribution >= 4 is 31.1 Å². The zero-order valence-electron chi connectivity index (χ0n) is 24.6. The van der Waals surface area contributed by atoms with E-state index in [0.717, 1.165) is 22.2 Å². The smallest absolute Gasteiger partial charge is 0.407 e. The molecular weight excluding hydrogens is 518 g/mol. The Balaban J connectivity index is 1.94. The summed E-state index contributed by atoms with van der Waals surface area (Å²) in [7, 11) is -2.90. The van der Waals surface area contributed by atoms with Crippen molar-refractivity contribution in [3.63, 3.8) is 0 Å². The number of aldehydes is 1. The number of hydrogen-bond acceptors (Lipinski definition) is 5. The SMILES string of the molecule is CC(C)(C)OC(=O)N[C@H](CO[Si](c1ccccc1)(c1ccccc1)C(C)(C)C)[C@@H](C=O)COCc1ccccc1. The van der Waals surface area contributed by atoms with Crippen LogP contribution in [0.1, 0.15) is 47.1 Å². The highest BCUT2D eigenvalue weighted by molar-refractivity contribution is 6.99. The molecule has 0 aliphatic heterocycles. The van der Waals surface area contributed by atoms with Crippen LogP contribution in [0.2, 0.25) is 5.04 Å². The van der Waals surface area contributed by atoms with Crippen LogP contribution in [0, 0.1) is 5.92 Å². The van der Waals surface area contributed by atoms with E-state index in [-0.39, 0.29) is 18.3 Å². The summed E-state index contributed by atoms with van der Waals surface area (Å²) in [6.07, 6.45) is 0.236. The van der Waals surface area contributed by atoms with Crippen LogP contribution in [-0.2, 0) is 25.3 Å². The van der Waals surface area contributed by atoms with Gasteiger partial charge in [-0.2, -0.15) is 0 Å². The molecule has 0 saturated carbocycles. The predicted octanol–water partition coefficient (Wildman–Crippen LogP) is 5.49. The number of ether oxygens (including phenoxy) is 2. The number of hydrogen-bond donors (Lipinski definition) is 1. The van der Waals surface area contributed by atoms with Gasteiger partial charge < -0.3 is 24.0 Å². The minimum atomic E-state index is -2.90. The maximum absolute atomic E-state index is 12.9. The molecule has 40 heavy (non-hydrogen) atoms. The van der Waals surface area contributed by atoms with Gasteiger partial charge in [-0.1, -0.05) is 112 Å². The molecule has 0 aliphatic rings. The third kappa shape index (κ3) is 8.37. The lowest BCUT2D eigenvalue weighted by Gasteiger charge is -2.44. The number of rotatable bonds is 12. The lowest BCUT2D eigenvalue weighted by atomic mass is 10.0. The lowest BCUT2D eigenvalue weighted by molar-refractivity contribution is -0.114. The Morgan fingerprint density at radius 2 is 1.30 bits per heavy atom. The highest BCUT2D eigenvalue weighted by Crippen LogP contribution is 2.37. The van der Waals surface area contributed by atoms with Crippen LogP contribution >= 0.6 is 0 Å². The standard InChI is InChI=1S/C33H43NO5Si/c1-32(2,3)39-31(36)34-30(27(22-35)24-37-23-26-16-10-7-11-17-26)25-38-40(33(4,5)6,28-18-12-8-13-19-28)29-20-14-9-15-21-29/h7-22,27,30H,23-25H2,1-6H3,(H,34,36)/t27-,30+/m0/s1. The third-order valence-electron chi connectivity index (χ3n) is 6.71. The molecule has 7 heteroatoms. The van der Waals surface area contributed by atoms with Gasteiger partial charge in [0.05, 0.1) is 31.8 Å². The van der Waals surface area contributed by atoms with Gasteiger partial charge in [0, 0.05) is 0 Å². The summed E-state index contributed by atoms with van der Waals surface area (Å²) >= 11 is 0. The van der Waals surface area contributed by atoms with Crippen molar-refractivity contribution in [1.29, 1.82) is 0 Å². The second-order valence-electron chi connectivity index (χ2n) is 12.0. The third-order valence-corrected chi connectivity index (χ3v) is 11.7. The Morgan fingerprint density at radius 1 is 0.800 bits per heavy atom. The van der Waals surface area contributed by atoms with Gasteiger partial charge in [0.15, 0.2) is 0 Å². The van der Waals surface area contributed by atoms with Gasteiger partial charge >= 0.3 is 6.09 Å². The Morgan fingerprint density at radius 3 is 1.75 bits per heavy atom. The second-order valence-corrected chi connectivity index (χ2v) is 16.3. The molecule has 0 saturated heterocycles. The molecule has 3 rings (SSSR count). The zero-order chi connectivity index (χ0) is 29.2. The molecule has 1 amide bonds. The van der Waals surface area contributed by atoms with Gasteiger partial charge in [0.2, 0.25) is 0 Å². The number of carbonyl (C=O) groups is 2. The molecule has 3 aromatic rings. The van der Waals surface area contributed by atoms with E-state index in [9.17, 15) is 9.59 Å². The molecule has 2 atom stereocenters. The van der Waals surface area contributed by atoms with Crippen LogP contribution in [0.5, 0.6) is 0 Å². The summed E-state index contributed by atoms with van der Waals surface area (Å²) in [5.41, 5.74) is 0.320. The highest BCUT2D eigenvalue weighted by Gasteiger charge is 2.50. The van der Waals surface area contributed by atoms with Gasteiger partial charge in [0.1, 0.15) is 11.9 Å². The van der Waals surface area contributed by atoms with Crippen LogP contribution in [0.25, 0.3) is 0 Å². The summed E-state index contributed by atoms with van der Waals surface area (Å²) < 4.78 is 18.6. The fourth-order valence-corrected chi connectivity index (χ4v) is 9.43. The molecule has 3 aromatic carbocycles. The molecule has 0 unspecified atom stereocenters. The van der Waals surface area contributed by atoms with Crippen molar-refractivity contribution in [3.8, 4) is 0 Å². The molecule has 0 aliphatic carbocycles. The second kappa shape index (κ2) is 13.9. The van der Waals surface area contributed by atoms with Crippen molar-refractivity contribution in [2.45, 2.75) is 64.8 Å².